The summed E-state index contributed by atoms with van der Waals surface area (Å²) in [5.41, 5.74) is 3.82. The van der Waals surface area contributed by atoms with Crippen LogP contribution in [0.3, 0.4) is 0 Å². The Morgan fingerprint density at radius 3 is 2.37 bits per heavy atom. The number of tetrazole rings is 1. The molecular weight excluding hydrogens is 384 g/mol. The first-order valence-electron chi connectivity index (χ1n) is 9.52. The average molecular weight is 404 g/mol. The van der Waals surface area contributed by atoms with Crippen molar-refractivity contribution in [1.29, 1.82) is 0 Å². The molecule has 0 saturated heterocycles. The maximum absolute atomic E-state index is 12.4. The Hall–Kier alpha value is -3.88. The number of hydrogen-bond donors (Lipinski definition) is 1. The van der Waals surface area contributed by atoms with Gasteiger partial charge < -0.3 is 5.32 Å². The second kappa shape index (κ2) is 7.86. The van der Waals surface area contributed by atoms with E-state index in [0.29, 0.717) is 17.0 Å². The number of imide groups is 1. The first kappa shape index (κ1) is 19.4. The maximum atomic E-state index is 12.4. The molecule has 4 rings (SSSR count). The summed E-state index contributed by atoms with van der Waals surface area (Å²) in [6.07, 6.45) is -0.00330. The maximum Gasteiger partial charge on any atom is 0.261 e. The molecule has 0 radical (unpaired) electrons. The van der Waals surface area contributed by atoms with Crippen molar-refractivity contribution in [3.63, 3.8) is 0 Å². The molecule has 2 aromatic carbocycles. The van der Waals surface area contributed by atoms with Crippen LogP contribution in [0.15, 0.2) is 42.5 Å². The number of carbonyl (C=O) groups is 3. The lowest BCUT2D eigenvalue weighted by Crippen LogP contribution is -2.34. The van der Waals surface area contributed by atoms with E-state index in [2.05, 4.69) is 20.8 Å². The van der Waals surface area contributed by atoms with E-state index in [1.165, 1.54) is 0 Å². The van der Waals surface area contributed by atoms with E-state index in [-0.39, 0.29) is 37.2 Å². The molecule has 1 aliphatic heterocycles. The highest BCUT2D eigenvalue weighted by molar-refractivity contribution is 6.21. The van der Waals surface area contributed by atoms with Crippen molar-refractivity contribution in [2.24, 2.45) is 0 Å². The summed E-state index contributed by atoms with van der Waals surface area (Å²) in [4.78, 5) is 38.1. The van der Waals surface area contributed by atoms with Crippen LogP contribution in [-0.2, 0) is 11.3 Å². The first-order chi connectivity index (χ1) is 14.5. The average Bonchev–Trinajstić information content (AvgIpc) is 3.31. The summed E-state index contributed by atoms with van der Waals surface area (Å²) in [5.74, 6) is -0.572. The number of amides is 3. The number of nitrogens with zero attached hydrogens (tertiary/aromatic N) is 5. The zero-order valence-corrected chi connectivity index (χ0v) is 16.6. The van der Waals surface area contributed by atoms with Gasteiger partial charge in [0, 0.05) is 13.0 Å². The number of carbonyl (C=O) groups excluding carboxylic acids is 3. The number of hydrogen-bond acceptors (Lipinski definition) is 6. The third kappa shape index (κ3) is 3.57. The SMILES string of the molecule is Cc1ccc(-n2nnnc2CNC(=O)CCN2C(=O)c3ccccc3C2=O)cc1C. The fraction of sp³-hybridized carbons (Fsp3) is 0.238. The number of rotatable bonds is 6. The van der Waals surface area contributed by atoms with Crippen molar-refractivity contribution in [2.75, 3.05) is 6.54 Å². The largest absolute Gasteiger partial charge is 0.349 e. The van der Waals surface area contributed by atoms with Gasteiger partial charge in [0.2, 0.25) is 5.91 Å². The molecule has 30 heavy (non-hydrogen) atoms. The molecular formula is C21H20N6O3. The van der Waals surface area contributed by atoms with Crippen LogP contribution in [0.25, 0.3) is 5.69 Å². The fourth-order valence-corrected chi connectivity index (χ4v) is 3.30. The number of aromatic nitrogens is 4. The van der Waals surface area contributed by atoms with E-state index in [1.54, 1.807) is 28.9 Å². The van der Waals surface area contributed by atoms with E-state index in [4.69, 9.17) is 0 Å². The summed E-state index contributed by atoms with van der Waals surface area (Å²) in [6, 6.07) is 12.5. The van der Waals surface area contributed by atoms with Crippen molar-refractivity contribution < 1.29 is 14.4 Å². The Morgan fingerprint density at radius 1 is 1.00 bits per heavy atom. The van der Waals surface area contributed by atoms with Crippen molar-refractivity contribution in [3.05, 3.63) is 70.5 Å². The lowest BCUT2D eigenvalue weighted by molar-refractivity contribution is -0.121. The third-order valence-corrected chi connectivity index (χ3v) is 5.15. The molecule has 1 N–H and O–H groups in total. The standard InChI is InChI=1S/C21H20N6O3/c1-13-7-8-15(11-14(13)2)27-18(23-24-25-27)12-22-19(28)9-10-26-20(29)16-5-3-4-6-17(16)21(26)30/h3-8,11H,9-10,12H2,1-2H3,(H,22,28). The van der Waals surface area contributed by atoms with Gasteiger partial charge in [-0.25, -0.2) is 0 Å². The van der Waals surface area contributed by atoms with Crippen LogP contribution in [0, 0.1) is 13.8 Å². The fourth-order valence-electron chi connectivity index (χ4n) is 3.30. The minimum absolute atomic E-state index is 0.00330. The van der Waals surface area contributed by atoms with Crippen LogP contribution in [0.5, 0.6) is 0 Å². The van der Waals surface area contributed by atoms with Crippen LogP contribution >= 0.6 is 0 Å². The van der Waals surface area contributed by atoms with E-state index in [9.17, 15) is 14.4 Å². The minimum atomic E-state index is -0.373. The highest BCUT2D eigenvalue weighted by Gasteiger charge is 2.34. The van der Waals surface area contributed by atoms with E-state index in [0.717, 1.165) is 21.7 Å². The first-order valence-corrected chi connectivity index (χ1v) is 9.52. The molecule has 1 aromatic heterocycles. The molecule has 1 aliphatic rings. The van der Waals surface area contributed by atoms with Crippen LogP contribution < -0.4 is 5.32 Å². The molecule has 0 unspecified atom stereocenters. The predicted molar refractivity (Wildman–Crippen MR) is 107 cm³/mol. The van der Waals surface area contributed by atoms with Gasteiger partial charge in [0.25, 0.3) is 11.8 Å². The van der Waals surface area contributed by atoms with E-state index >= 15 is 0 Å². The van der Waals surface area contributed by atoms with E-state index < -0.39 is 0 Å². The van der Waals surface area contributed by atoms with Gasteiger partial charge in [0.1, 0.15) is 0 Å². The quantitative estimate of drug-likeness (QED) is 0.625. The van der Waals surface area contributed by atoms with Gasteiger partial charge in [0.15, 0.2) is 5.82 Å². The van der Waals surface area contributed by atoms with Crippen LogP contribution in [-0.4, -0.2) is 49.4 Å². The lowest BCUT2D eigenvalue weighted by Gasteiger charge is -2.13. The summed E-state index contributed by atoms with van der Waals surface area (Å²) < 4.78 is 1.57. The topological polar surface area (TPSA) is 110 Å². The number of aryl methyl sites for hydroxylation is 2. The Bertz CT molecular complexity index is 1120. The molecule has 0 bridgehead atoms. The van der Waals surface area contributed by atoms with Crippen molar-refractivity contribution in [3.8, 4) is 5.69 Å². The molecule has 0 aliphatic carbocycles. The normalized spacial score (nSPS) is 12.9. The van der Waals surface area contributed by atoms with Crippen LogP contribution in [0.1, 0.15) is 44.1 Å². The Kier molecular flexibility index (Phi) is 5.09. The van der Waals surface area contributed by atoms with Gasteiger partial charge >= 0.3 is 0 Å². The zero-order valence-electron chi connectivity index (χ0n) is 16.6. The van der Waals surface area contributed by atoms with Gasteiger partial charge in [-0.1, -0.05) is 18.2 Å². The minimum Gasteiger partial charge on any atom is -0.349 e. The third-order valence-electron chi connectivity index (χ3n) is 5.15. The number of fused-ring (bicyclic) bond motifs is 1. The summed E-state index contributed by atoms with van der Waals surface area (Å²) in [5, 5.41) is 14.4. The van der Waals surface area contributed by atoms with Gasteiger partial charge in [-0.15, -0.1) is 5.10 Å². The smallest absolute Gasteiger partial charge is 0.261 e. The van der Waals surface area contributed by atoms with Gasteiger partial charge in [0.05, 0.1) is 23.4 Å². The molecule has 3 aromatic rings. The number of benzene rings is 2. The highest BCUT2D eigenvalue weighted by Crippen LogP contribution is 2.22. The summed E-state index contributed by atoms with van der Waals surface area (Å²) >= 11 is 0. The lowest BCUT2D eigenvalue weighted by atomic mass is 10.1. The monoisotopic (exact) mass is 404 g/mol. The Balaban J connectivity index is 1.36. The molecule has 3 amide bonds. The highest BCUT2D eigenvalue weighted by atomic mass is 16.2. The van der Waals surface area contributed by atoms with Gasteiger partial charge in [-0.3, -0.25) is 19.3 Å². The molecule has 152 valence electrons. The van der Waals surface area contributed by atoms with Crippen LogP contribution in [0.4, 0.5) is 0 Å². The Morgan fingerprint density at radius 2 is 1.70 bits per heavy atom. The molecule has 0 atom stereocenters. The van der Waals surface area contributed by atoms with Gasteiger partial charge in [-0.2, -0.15) is 4.68 Å². The number of nitrogens with one attached hydrogen (secondary N) is 1. The molecule has 9 nitrogen and oxygen atoms in total. The van der Waals surface area contributed by atoms with Crippen molar-refractivity contribution >= 4 is 17.7 Å². The van der Waals surface area contributed by atoms with Crippen LogP contribution in [0.2, 0.25) is 0 Å². The van der Waals surface area contributed by atoms with E-state index in [1.807, 2.05) is 32.0 Å². The molecule has 2 heterocycles. The molecule has 0 spiro atoms. The van der Waals surface area contributed by atoms with Crippen molar-refractivity contribution in [2.45, 2.75) is 26.8 Å². The summed E-state index contributed by atoms with van der Waals surface area (Å²) in [6.45, 7) is 4.17. The second-order valence-electron chi connectivity index (χ2n) is 7.11. The predicted octanol–water partition coefficient (Wildman–Crippen LogP) is 1.58. The second-order valence-corrected chi connectivity index (χ2v) is 7.11. The van der Waals surface area contributed by atoms with Gasteiger partial charge in [-0.05, 0) is 59.7 Å². The van der Waals surface area contributed by atoms with Crippen molar-refractivity contribution in [1.82, 2.24) is 30.4 Å². The zero-order chi connectivity index (χ0) is 21.3. The molecule has 0 fully saturated rings. The Labute approximate surface area is 172 Å². The molecule has 0 saturated carbocycles. The summed E-state index contributed by atoms with van der Waals surface area (Å²) in [7, 11) is 0. The molecule has 9 heteroatoms.